The summed E-state index contributed by atoms with van der Waals surface area (Å²) in [5.41, 5.74) is 0. The van der Waals surface area contributed by atoms with E-state index in [-0.39, 0.29) is 23.0 Å². The first kappa shape index (κ1) is 12.6. The van der Waals surface area contributed by atoms with Crippen LogP contribution in [0.5, 0.6) is 0 Å². The van der Waals surface area contributed by atoms with Crippen molar-refractivity contribution in [3.05, 3.63) is 0 Å². The third-order valence-electron chi connectivity index (χ3n) is 1.41. The first-order chi connectivity index (χ1) is 4.18. The quantitative estimate of drug-likeness (QED) is 0.693. The second kappa shape index (κ2) is 7.10. The molecule has 1 atom stereocenters. The molecular weight excluding hydrogens is 180 g/mol. The van der Waals surface area contributed by atoms with Gasteiger partial charge in [-0.2, -0.15) is 0 Å². The maximum atomic E-state index is 10.2. The molecule has 0 aliphatic rings. The van der Waals surface area contributed by atoms with E-state index in [1.54, 1.807) is 6.92 Å². The van der Waals surface area contributed by atoms with Crippen LogP contribution in [0.25, 0.3) is 0 Å². The molecule has 1 N–H and O–H groups in total. The van der Waals surface area contributed by atoms with E-state index in [0.717, 1.165) is 19.3 Å². The molecule has 65 valence electrons. The molecule has 0 aliphatic carbocycles. The average molecular weight is 194 g/mol. The van der Waals surface area contributed by atoms with Crippen molar-refractivity contribution in [1.82, 2.24) is 0 Å². The number of carboxylic acids is 1. The third-order valence-corrected chi connectivity index (χ3v) is 1.41. The van der Waals surface area contributed by atoms with Crippen molar-refractivity contribution < 1.29 is 27.0 Å². The van der Waals surface area contributed by atoms with Gasteiger partial charge >= 0.3 is 5.97 Å². The van der Waals surface area contributed by atoms with Crippen LogP contribution in [-0.2, 0) is 21.9 Å². The number of aliphatic carboxylic acids is 1. The van der Waals surface area contributed by atoms with Crippen LogP contribution in [0.15, 0.2) is 0 Å². The number of carboxylic acid groups (broad SMARTS) is 1. The van der Waals surface area contributed by atoms with Crippen molar-refractivity contribution in [2.75, 3.05) is 0 Å². The molecule has 0 aliphatic heterocycles. The molecule has 10 heavy (non-hydrogen) atoms. The summed E-state index contributed by atoms with van der Waals surface area (Å²) < 4.78 is 0. The summed E-state index contributed by atoms with van der Waals surface area (Å²) in [5.74, 6) is -0.839. The molecule has 1 unspecified atom stereocenters. The number of hydrogen-bond donors (Lipinski definition) is 1. The van der Waals surface area contributed by atoms with Gasteiger partial charge in [-0.25, -0.2) is 0 Å². The van der Waals surface area contributed by atoms with Gasteiger partial charge < -0.3 is 5.11 Å². The van der Waals surface area contributed by atoms with Crippen molar-refractivity contribution in [2.24, 2.45) is 5.92 Å². The SMILES string of the molecule is CCCCC(C)C(=O)O.[Cu]. The van der Waals surface area contributed by atoms with Gasteiger partial charge in [0, 0.05) is 17.1 Å². The van der Waals surface area contributed by atoms with Gasteiger partial charge in [0.05, 0.1) is 5.92 Å². The molecule has 0 saturated heterocycles. The Morgan fingerprint density at radius 2 is 2.10 bits per heavy atom. The summed E-state index contributed by atoms with van der Waals surface area (Å²) >= 11 is 0. The van der Waals surface area contributed by atoms with Crippen molar-refractivity contribution in [3.63, 3.8) is 0 Å². The van der Waals surface area contributed by atoms with Crippen LogP contribution in [-0.4, -0.2) is 11.1 Å². The molecule has 0 bridgehead atoms. The molecular formula is C7H14CuO2. The second-order valence-electron chi connectivity index (χ2n) is 2.38. The van der Waals surface area contributed by atoms with E-state index >= 15 is 0 Å². The zero-order valence-corrected chi connectivity index (χ0v) is 7.30. The summed E-state index contributed by atoms with van der Waals surface area (Å²) in [4.78, 5) is 10.2. The molecule has 0 heterocycles. The van der Waals surface area contributed by atoms with Crippen molar-refractivity contribution in [3.8, 4) is 0 Å². The minimum atomic E-state index is -0.677. The van der Waals surface area contributed by atoms with Crippen LogP contribution in [0.1, 0.15) is 33.1 Å². The Bertz CT molecular complexity index is 93.6. The van der Waals surface area contributed by atoms with Gasteiger partial charge in [0.25, 0.3) is 0 Å². The zero-order chi connectivity index (χ0) is 7.28. The Morgan fingerprint density at radius 3 is 2.40 bits per heavy atom. The minimum Gasteiger partial charge on any atom is -0.481 e. The largest absolute Gasteiger partial charge is 0.481 e. The Hall–Kier alpha value is -0.0105. The fourth-order valence-corrected chi connectivity index (χ4v) is 0.634. The monoisotopic (exact) mass is 193 g/mol. The molecule has 2 nitrogen and oxygen atoms in total. The molecule has 0 fully saturated rings. The summed E-state index contributed by atoms with van der Waals surface area (Å²) in [6.45, 7) is 3.81. The third kappa shape index (κ3) is 6.11. The fourth-order valence-electron chi connectivity index (χ4n) is 0.634. The first-order valence-electron chi connectivity index (χ1n) is 3.41. The number of unbranched alkanes of at least 4 members (excludes halogenated alkanes) is 1. The van der Waals surface area contributed by atoms with Gasteiger partial charge in [-0.3, -0.25) is 4.79 Å². The number of hydrogen-bond acceptors (Lipinski definition) is 1. The standard InChI is InChI=1S/C7H14O2.Cu/c1-3-4-5-6(2)7(8)9;/h6H,3-5H2,1-2H3,(H,8,9);. The zero-order valence-electron chi connectivity index (χ0n) is 6.36. The molecule has 0 spiro atoms. The van der Waals surface area contributed by atoms with Gasteiger partial charge in [0.2, 0.25) is 0 Å². The molecule has 3 heteroatoms. The van der Waals surface area contributed by atoms with E-state index in [2.05, 4.69) is 6.92 Å². The number of carbonyl (C=O) groups is 1. The molecule has 1 radical (unpaired) electrons. The van der Waals surface area contributed by atoms with E-state index in [1.807, 2.05) is 0 Å². The van der Waals surface area contributed by atoms with Gasteiger partial charge in [0.15, 0.2) is 0 Å². The van der Waals surface area contributed by atoms with Crippen LogP contribution in [0, 0.1) is 5.92 Å². The van der Waals surface area contributed by atoms with Crippen molar-refractivity contribution in [2.45, 2.75) is 33.1 Å². The molecule has 0 aromatic carbocycles. The maximum absolute atomic E-state index is 10.2. The molecule has 0 aromatic heterocycles. The molecule has 0 saturated carbocycles. The smallest absolute Gasteiger partial charge is 0.306 e. The van der Waals surface area contributed by atoms with Crippen LogP contribution in [0.4, 0.5) is 0 Å². The molecule has 0 amide bonds. The Labute approximate surface area is 72.5 Å². The van der Waals surface area contributed by atoms with E-state index < -0.39 is 5.97 Å². The van der Waals surface area contributed by atoms with Crippen LogP contribution in [0.3, 0.4) is 0 Å². The van der Waals surface area contributed by atoms with Gasteiger partial charge in [-0.15, -0.1) is 0 Å². The summed E-state index contributed by atoms with van der Waals surface area (Å²) in [6, 6.07) is 0. The summed E-state index contributed by atoms with van der Waals surface area (Å²) in [7, 11) is 0. The van der Waals surface area contributed by atoms with E-state index in [1.165, 1.54) is 0 Å². The van der Waals surface area contributed by atoms with Crippen molar-refractivity contribution >= 4 is 5.97 Å². The average Bonchev–Trinajstić information content (AvgIpc) is 1.82. The second-order valence-corrected chi connectivity index (χ2v) is 2.38. The van der Waals surface area contributed by atoms with Crippen LogP contribution in [0.2, 0.25) is 0 Å². The number of rotatable bonds is 4. The van der Waals surface area contributed by atoms with Crippen LogP contribution >= 0.6 is 0 Å². The predicted octanol–water partition coefficient (Wildman–Crippen LogP) is 1.89. The minimum absolute atomic E-state index is 0. The fraction of sp³-hybridized carbons (Fsp3) is 0.857. The summed E-state index contributed by atoms with van der Waals surface area (Å²) in [5, 5.41) is 8.41. The predicted molar refractivity (Wildman–Crippen MR) is 36.3 cm³/mol. The molecule has 0 rings (SSSR count). The topological polar surface area (TPSA) is 37.3 Å². The summed E-state index contributed by atoms with van der Waals surface area (Å²) in [6.07, 6.45) is 2.91. The normalized spacial score (nSPS) is 11.8. The first-order valence-corrected chi connectivity index (χ1v) is 3.41. The Morgan fingerprint density at radius 1 is 1.60 bits per heavy atom. The molecule has 0 aromatic rings. The van der Waals surface area contributed by atoms with E-state index in [4.69, 9.17) is 5.11 Å². The Balaban J connectivity index is 0. The maximum Gasteiger partial charge on any atom is 0.306 e. The van der Waals surface area contributed by atoms with Gasteiger partial charge in [-0.05, 0) is 6.42 Å². The van der Waals surface area contributed by atoms with Gasteiger partial charge in [0.1, 0.15) is 0 Å². The van der Waals surface area contributed by atoms with E-state index in [0.29, 0.717) is 0 Å². The van der Waals surface area contributed by atoms with Gasteiger partial charge in [-0.1, -0.05) is 26.7 Å². The van der Waals surface area contributed by atoms with Crippen molar-refractivity contribution in [1.29, 1.82) is 0 Å². The van der Waals surface area contributed by atoms with E-state index in [9.17, 15) is 4.79 Å². The van der Waals surface area contributed by atoms with Crippen LogP contribution < -0.4 is 0 Å². The Kier molecular flexibility index (Phi) is 8.98.